The first-order chi connectivity index (χ1) is 33.4. The van der Waals surface area contributed by atoms with Crippen molar-refractivity contribution < 1.29 is 14.7 Å². The Kier molecular flexibility index (Phi) is 8.75. The highest BCUT2D eigenvalue weighted by molar-refractivity contribution is 5.98. The van der Waals surface area contributed by atoms with Gasteiger partial charge in [-0.2, -0.15) is 0 Å². The molecule has 64 heavy (non-hydrogen) atoms. The molecule has 0 saturated carbocycles. The first-order valence-corrected chi connectivity index (χ1v) is 21.8. The molecular weight excluding hydrogens is 779 g/mol. The molecule has 318 valence electrons. The van der Waals surface area contributed by atoms with Crippen molar-refractivity contribution in [3.05, 3.63) is 191 Å². The third-order valence-electron chi connectivity index (χ3n) is 12.2. The zero-order chi connectivity index (χ0) is 51.1. The molecule has 0 aliphatic rings. The Balaban J connectivity index is 1.30. The number of phenolic OH excluding ortho intramolecular Hbond substituents is 1. The van der Waals surface area contributed by atoms with Crippen LogP contribution in [0.1, 0.15) is 84.5 Å². The first kappa shape index (κ1) is 34.4. The summed E-state index contributed by atoms with van der Waals surface area (Å²) < 4.78 is 60.8. The minimum absolute atomic E-state index is 0.00194. The number of aromatic hydroxyl groups is 1. The molecule has 0 radical (unpaired) electrons. The van der Waals surface area contributed by atoms with Crippen molar-refractivity contribution in [1.82, 2.24) is 14.5 Å². The second-order valence-electron chi connectivity index (χ2n) is 19.0. The van der Waals surface area contributed by atoms with Crippen LogP contribution < -0.4 is 0 Å². The Labute approximate surface area is 388 Å². The standard InChI is InChI=1S/C60H57N3O/c1-37-19-21-41(22-20-37)44-27-28-61-53(35-44)46-32-45(33-48(34-46)60(8,9)10)49-17-14-18-54-56(49)62-58(52-30-38(2)29-40(4)57(52)64)63(54)55-31-39(3)50(36-51(55)42-15-12-11-13-16-42)43-23-25-47(26-24-43)59(5,6)7/h11-36,64H,1-10H3/i1D3,19D,20D,21D,22D. The Morgan fingerprint density at radius 2 is 1.23 bits per heavy atom. The van der Waals surface area contributed by atoms with Crippen LogP contribution in [0.4, 0.5) is 0 Å². The number of para-hydroxylation sites is 1. The molecule has 1 N–H and O–H groups in total. The number of phenols is 1. The first-order valence-electron chi connectivity index (χ1n) is 25.3. The van der Waals surface area contributed by atoms with E-state index in [-0.39, 0.29) is 22.1 Å². The van der Waals surface area contributed by atoms with Gasteiger partial charge < -0.3 is 5.11 Å². The molecule has 2 heterocycles. The van der Waals surface area contributed by atoms with Crippen molar-refractivity contribution >= 4 is 11.0 Å². The highest BCUT2D eigenvalue weighted by Gasteiger charge is 2.25. The Hall–Kier alpha value is -7.04. The number of fused-ring (bicyclic) bond motifs is 1. The number of nitrogens with zero attached hydrogens (tertiary/aromatic N) is 3. The molecule has 0 spiro atoms. The largest absolute Gasteiger partial charge is 0.507 e. The van der Waals surface area contributed by atoms with Gasteiger partial charge in [-0.15, -0.1) is 0 Å². The molecule has 0 amide bonds. The van der Waals surface area contributed by atoms with E-state index >= 15 is 0 Å². The maximum absolute atomic E-state index is 11.9. The molecule has 4 heteroatoms. The lowest BCUT2D eigenvalue weighted by atomic mass is 9.83. The van der Waals surface area contributed by atoms with Gasteiger partial charge in [-0.25, -0.2) is 4.98 Å². The zero-order valence-electron chi connectivity index (χ0n) is 45.0. The normalized spacial score (nSPS) is 13.7. The number of aryl methyl sites for hydroxylation is 3. The van der Waals surface area contributed by atoms with Crippen LogP contribution in [0.2, 0.25) is 0 Å². The van der Waals surface area contributed by atoms with E-state index in [4.69, 9.17) is 19.6 Å². The maximum Gasteiger partial charge on any atom is 0.149 e. The summed E-state index contributed by atoms with van der Waals surface area (Å²) in [5.41, 5.74) is 14.9. The van der Waals surface area contributed by atoms with Crippen molar-refractivity contribution in [1.29, 1.82) is 0 Å². The second-order valence-corrected chi connectivity index (χ2v) is 19.0. The van der Waals surface area contributed by atoms with Crippen molar-refractivity contribution in [2.45, 2.75) is 80.0 Å². The van der Waals surface area contributed by atoms with Crippen LogP contribution in [0.3, 0.4) is 0 Å². The number of imidazole rings is 1. The van der Waals surface area contributed by atoms with E-state index in [1.807, 2.05) is 38.1 Å². The minimum atomic E-state index is -2.82. The van der Waals surface area contributed by atoms with Gasteiger partial charge in [0.1, 0.15) is 11.6 Å². The van der Waals surface area contributed by atoms with Crippen LogP contribution >= 0.6 is 0 Å². The average molecular weight is 843 g/mol. The molecule has 0 fully saturated rings. The van der Waals surface area contributed by atoms with Crippen LogP contribution in [0.5, 0.6) is 5.75 Å². The minimum Gasteiger partial charge on any atom is -0.507 e. The summed E-state index contributed by atoms with van der Waals surface area (Å²) in [5.74, 6) is 0.738. The Morgan fingerprint density at radius 1 is 0.531 bits per heavy atom. The third kappa shape index (κ3) is 8.05. The summed E-state index contributed by atoms with van der Waals surface area (Å²) in [6.45, 7) is 16.3. The zero-order valence-corrected chi connectivity index (χ0v) is 38.0. The molecule has 7 aromatic carbocycles. The molecule has 9 aromatic rings. The fourth-order valence-corrected chi connectivity index (χ4v) is 8.64. The average Bonchev–Trinajstić information content (AvgIpc) is 3.71. The van der Waals surface area contributed by atoms with E-state index in [2.05, 4.69) is 144 Å². The quantitative estimate of drug-likeness (QED) is 0.174. The summed E-state index contributed by atoms with van der Waals surface area (Å²) in [7, 11) is 0. The van der Waals surface area contributed by atoms with Crippen LogP contribution in [0, 0.1) is 27.6 Å². The molecule has 4 nitrogen and oxygen atoms in total. The van der Waals surface area contributed by atoms with E-state index in [1.165, 1.54) is 5.56 Å². The van der Waals surface area contributed by atoms with Crippen LogP contribution in [0.15, 0.2) is 158 Å². The van der Waals surface area contributed by atoms with Gasteiger partial charge >= 0.3 is 0 Å². The predicted molar refractivity (Wildman–Crippen MR) is 269 cm³/mol. The highest BCUT2D eigenvalue weighted by Crippen LogP contribution is 2.44. The second kappa shape index (κ2) is 16.3. The van der Waals surface area contributed by atoms with E-state index in [1.54, 1.807) is 18.3 Å². The SMILES string of the molecule is [2H]c1c([2H])c(C([2H])([2H])[2H])c([2H])c([2H])c1-c1ccnc(-c2cc(-c3cccc4c3nc(-c3cc(C)cc(C)c3O)n4-c3cc(C)c(-c4ccc(C(C)(C)C)cc4)cc3-c3ccccc3)cc(C(C)(C)C)c2)c1. The van der Waals surface area contributed by atoms with E-state index < -0.39 is 36.6 Å². The van der Waals surface area contributed by atoms with Gasteiger partial charge in [0.2, 0.25) is 0 Å². The number of hydrogen-bond acceptors (Lipinski definition) is 3. The molecule has 0 bridgehead atoms. The van der Waals surface area contributed by atoms with Gasteiger partial charge in [-0.3, -0.25) is 9.55 Å². The molecule has 0 unspecified atom stereocenters. The van der Waals surface area contributed by atoms with Gasteiger partial charge in [-0.1, -0.05) is 150 Å². The molecule has 9 rings (SSSR count). The van der Waals surface area contributed by atoms with Gasteiger partial charge in [-0.05, 0) is 148 Å². The summed E-state index contributed by atoms with van der Waals surface area (Å²) in [5, 5.41) is 11.9. The van der Waals surface area contributed by atoms with Gasteiger partial charge in [0.05, 0.1) is 33.5 Å². The predicted octanol–water partition coefficient (Wildman–Crippen LogP) is 16.0. The van der Waals surface area contributed by atoms with Gasteiger partial charge in [0.25, 0.3) is 0 Å². The lowest BCUT2D eigenvalue weighted by Gasteiger charge is -2.22. The van der Waals surface area contributed by atoms with E-state index in [0.29, 0.717) is 22.6 Å². The van der Waals surface area contributed by atoms with E-state index in [9.17, 15) is 5.11 Å². The van der Waals surface area contributed by atoms with Crippen LogP contribution in [0.25, 0.3) is 83.9 Å². The summed E-state index contributed by atoms with van der Waals surface area (Å²) in [6, 6.07) is 41.5. The van der Waals surface area contributed by atoms with Gasteiger partial charge in [0.15, 0.2) is 0 Å². The smallest absolute Gasteiger partial charge is 0.149 e. The number of aromatic nitrogens is 3. The summed E-state index contributed by atoms with van der Waals surface area (Å²) in [6.07, 6.45) is 1.57. The lowest BCUT2D eigenvalue weighted by Crippen LogP contribution is -2.11. The van der Waals surface area contributed by atoms with Crippen molar-refractivity contribution in [2.24, 2.45) is 0 Å². The number of pyridine rings is 1. The van der Waals surface area contributed by atoms with Crippen LogP contribution in [-0.2, 0) is 10.8 Å². The summed E-state index contributed by atoms with van der Waals surface area (Å²) >= 11 is 0. The molecule has 0 aliphatic heterocycles. The summed E-state index contributed by atoms with van der Waals surface area (Å²) in [4.78, 5) is 10.3. The molecule has 0 saturated heterocycles. The topological polar surface area (TPSA) is 50.9 Å². The lowest BCUT2D eigenvalue weighted by molar-refractivity contribution is 0.472. The van der Waals surface area contributed by atoms with Crippen molar-refractivity contribution in [3.63, 3.8) is 0 Å². The highest BCUT2D eigenvalue weighted by atomic mass is 16.3. The maximum atomic E-state index is 11.9. The fraction of sp³-hybridized carbons (Fsp3) is 0.200. The fourth-order valence-electron chi connectivity index (χ4n) is 8.64. The van der Waals surface area contributed by atoms with Gasteiger partial charge in [0, 0.05) is 27.0 Å². The van der Waals surface area contributed by atoms with Crippen LogP contribution in [-0.4, -0.2) is 19.6 Å². The third-order valence-corrected chi connectivity index (χ3v) is 12.2. The molecular formula is C60H57N3O. The van der Waals surface area contributed by atoms with Crippen molar-refractivity contribution in [2.75, 3.05) is 0 Å². The Bertz CT molecular complexity index is 3530. The van der Waals surface area contributed by atoms with E-state index in [0.717, 1.165) is 77.9 Å². The molecule has 0 atom stereocenters. The van der Waals surface area contributed by atoms with Crippen molar-refractivity contribution in [3.8, 4) is 78.6 Å². The number of rotatable bonds is 7. The Morgan fingerprint density at radius 3 is 1.94 bits per heavy atom. The molecule has 2 aromatic heterocycles. The molecule has 0 aliphatic carbocycles. The number of hydrogen-bond donors (Lipinski definition) is 1. The number of benzene rings is 7. The monoisotopic (exact) mass is 842 g/mol.